The Morgan fingerprint density at radius 2 is 1.77 bits per heavy atom. The molecule has 0 saturated carbocycles. The molecule has 0 saturated heterocycles. The van der Waals surface area contributed by atoms with Crippen LogP contribution in [0, 0.1) is 11.6 Å². The zero-order chi connectivity index (χ0) is 15.5. The van der Waals surface area contributed by atoms with E-state index in [2.05, 4.69) is 10.4 Å². The average molecular weight is 299 g/mol. The minimum atomic E-state index is -0.294. The molecular weight excluding hydrogens is 284 g/mol. The van der Waals surface area contributed by atoms with E-state index in [1.165, 1.54) is 24.3 Å². The summed E-state index contributed by atoms with van der Waals surface area (Å²) in [5.74, 6) is -0.574. The van der Waals surface area contributed by atoms with E-state index in [-0.39, 0.29) is 11.6 Å². The van der Waals surface area contributed by atoms with Gasteiger partial charge in [0.15, 0.2) is 0 Å². The third-order valence-electron chi connectivity index (χ3n) is 3.35. The van der Waals surface area contributed by atoms with Gasteiger partial charge in [0.2, 0.25) is 0 Å². The lowest BCUT2D eigenvalue weighted by atomic mass is 10.1. The van der Waals surface area contributed by atoms with Gasteiger partial charge in [0.1, 0.15) is 11.6 Å². The van der Waals surface area contributed by atoms with Gasteiger partial charge in [0.25, 0.3) is 0 Å². The molecule has 0 aliphatic rings. The number of aromatic nitrogens is 2. The van der Waals surface area contributed by atoms with Gasteiger partial charge in [-0.05, 0) is 60.6 Å². The molecule has 3 aromatic rings. The summed E-state index contributed by atoms with van der Waals surface area (Å²) in [5, 5.41) is 7.26. The summed E-state index contributed by atoms with van der Waals surface area (Å²) in [6, 6.07) is 10.9. The second-order valence-corrected chi connectivity index (χ2v) is 5.03. The Balaban J connectivity index is 1.95. The second-order valence-electron chi connectivity index (χ2n) is 5.03. The summed E-state index contributed by atoms with van der Waals surface area (Å²) in [4.78, 5) is 0. The van der Waals surface area contributed by atoms with Gasteiger partial charge in [-0.25, -0.2) is 13.5 Å². The summed E-state index contributed by atoms with van der Waals surface area (Å²) in [7, 11) is 1.82. The number of benzene rings is 2. The van der Waals surface area contributed by atoms with Crippen molar-refractivity contribution in [1.29, 1.82) is 0 Å². The van der Waals surface area contributed by atoms with Crippen LogP contribution in [0.1, 0.15) is 5.56 Å². The quantitative estimate of drug-likeness (QED) is 0.798. The van der Waals surface area contributed by atoms with Crippen LogP contribution < -0.4 is 5.32 Å². The van der Waals surface area contributed by atoms with Crippen LogP contribution in [0.5, 0.6) is 0 Å². The standard InChI is InChI=1S/C17H15F2N3/c1-20-9-12-6-13(8-16(19)7-12)14-10-21-22(11-14)17-4-2-15(18)3-5-17/h2-8,10-11,20H,9H2,1H3. The van der Waals surface area contributed by atoms with Crippen LogP contribution in [0.3, 0.4) is 0 Å². The Morgan fingerprint density at radius 3 is 2.50 bits per heavy atom. The minimum Gasteiger partial charge on any atom is -0.316 e. The predicted octanol–water partition coefficient (Wildman–Crippen LogP) is 3.54. The highest BCUT2D eigenvalue weighted by Crippen LogP contribution is 2.23. The number of nitrogens with zero attached hydrogens (tertiary/aromatic N) is 2. The van der Waals surface area contributed by atoms with Crippen LogP contribution in [0.15, 0.2) is 54.9 Å². The summed E-state index contributed by atoms with van der Waals surface area (Å²) in [6.07, 6.45) is 3.46. The van der Waals surface area contributed by atoms with E-state index >= 15 is 0 Å². The molecule has 3 nitrogen and oxygen atoms in total. The van der Waals surface area contributed by atoms with Gasteiger partial charge in [0.05, 0.1) is 11.9 Å². The van der Waals surface area contributed by atoms with Crippen LogP contribution >= 0.6 is 0 Å². The summed E-state index contributed by atoms with van der Waals surface area (Å²) < 4.78 is 28.3. The lowest BCUT2D eigenvalue weighted by Gasteiger charge is -2.04. The Labute approximate surface area is 127 Å². The van der Waals surface area contributed by atoms with Crippen molar-refractivity contribution in [3.63, 3.8) is 0 Å². The smallest absolute Gasteiger partial charge is 0.124 e. The van der Waals surface area contributed by atoms with E-state index < -0.39 is 0 Å². The molecule has 0 spiro atoms. The lowest BCUT2D eigenvalue weighted by Crippen LogP contribution is -2.05. The highest BCUT2D eigenvalue weighted by atomic mass is 19.1. The van der Waals surface area contributed by atoms with Gasteiger partial charge in [-0.2, -0.15) is 5.10 Å². The SMILES string of the molecule is CNCc1cc(F)cc(-c2cnn(-c3ccc(F)cc3)c2)c1. The molecular formula is C17H15F2N3. The Morgan fingerprint density at radius 1 is 1.00 bits per heavy atom. The number of hydrogen-bond acceptors (Lipinski definition) is 2. The van der Waals surface area contributed by atoms with Gasteiger partial charge in [0, 0.05) is 18.3 Å². The van der Waals surface area contributed by atoms with E-state index in [9.17, 15) is 8.78 Å². The predicted molar refractivity (Wildman–Crippen MR) is 81.7 cm³/mol. The van der Waals surface area contributed by atoms with E-state index in [1.807, 2.05) is 13.1 Å². The zero-order valence-corrected chi connectivity index (χ0v) is 12.1. The fourth-order valence-electron chi connectivity index (χ4n) is 2.33. The maximum atomic E-state index is 13.7. The highest BCUT2D eigenvalue weighted by molar-refractivity contribution is 5.63. The average Bonchev–Trinajstić information content (AvgIpc) is 2.97. The first kappa shape index (κ1) is 14.4. The molecule has 5 heteroatoms. The molecule has 0 aliphatic carbocycles. The summed E-state index contributed by atoms with van der Waals surface area (Å²) in [5.41, 5.74) is 3.19. The van der Waals surface area contributed by atoms with Gasteiger partial charge >= 0.3 is 0 Å². The molecule has 112 valence electrons. The maximum absolute atomic E-state index is 13.7. The Kier molecular flexibility index (Phi) is 3.98. The summed E-state index contributed by atoms with van der Waals surface area (Å²) >= 11 is 0. The van der Waals surface area contributed by atoms with Crippen LogP contribution in [-0.4, -0.2) is 16.8 Å². The fourth-order valence-corrected chi connectivity index (χ4v) is 2.33. The van der Waals surface area contributed by atoms with Crippen molar-refractivity contribution in [3.8, 4) is 16.8 Å². The van der Waals surface area contributed by atoms with Crippen molar-refractivity contribution in [2.75, 3.05) is 7.05 Å². The molecule has 1 aromatic heterocycles. The number of rotatable bonds is 4. The molecule has 3 rings (SSSR count). The van der Waals surface area contributed by atoms with Gasteiger partial charge in [-0.3, -0.25) is 0 Å². The third kappa shape index (κ3) is 3.04. The first-order valence-electron chi connectivity index (χ1n) is 6.91. The van der Waals surface area contributed by atoms with Crippen molar-refractivity contribution in [3.05, 3.63) is 72.1 Å². The Hall–Kier alpha value is -2.53. The van der Waals surface area contributed by atoms with E-state index in [0.717, 1.165) is 22.4 Å². The van der Waals surface area contributed by atoms with Crippen molar-refractivity contribution in [2.24, 2.45) is 0 Å². The van der Waals surface area contributed by atoms with E-state index in [1.54, 1.807) is 29.2 Å². The van der Waals surface area contributed by atoms with Gasteiger partial charge < -0.3 is 5.32 Å². The van der Waals surface area contributed by atoms with Crippen LogP contribution in [-0.2, 0) is 6.54 Å². The second kappa shape index (κ2) is 6.07. The van der Waals surface area contributed by atoms with Crippen LogP contribution in [0.2, 0.25) is 0 Å². The molecule has 2 aromatic carbocycles. The van der Waals surface area contributed by atoms with Crippen LogP contribution in [0.25, 0.3) is 16.8 Å². The van der Waals surface area contributed by atoms with E-state index in [4.69, 9.17) is 0 Å². The normalized spacial score (nSPS) is 10.9. The topological polar surface area (TPSA) is 29.9 Å². The number of nitrogens with one attached hydrogen (secondary N) is 1. The number of hydrogen-bond donors (Lipinski definition) is 1. The lowest BCUT2D eigenvalue weighted by molar-refractivity contribution is 0.624. The first-order chi connectivity index (χ1) is 10.7. The molecule has 0 radical (unpaired) electrons. The Bertz CT molecular complexity index is 779. The largest absolute Gasteiger partial charge is 0.316 e. The molecule has 0 unspecified atom stereocenters. The molecule has 1 N–H and O–H groups in total. The molecule has 0 atom stereocenters. The zero-order valence-electron chi connectivity index (χ0n) is 12.1. The van der Waals surface area contributed by atoms with Gasteiger partial charge in [-0.15, -0.1) is 0 Å². The maximum Gasteiger partial charge on any atom is 0.124 e. The molecule has 22 heavy (non-hydrogen) atoms. The summed E-state index contributed by atoms with van der Waals surface area (Å²) in [6.45, 7) is 0.594. The van der Waals surface area contributed by atoms with Crippen LogP contribution in [0.4, 0.5) is 8.78 Å². The number of halogens is 2. The minimum absolute atomic E-state index is 0.280. The van der Waals surface area contributed by atoms with E-state index in [0.29, 0.717) is 6.54 Å². The molecule has 0 fully saturated rings. The van der Waals surface area contributed by atoms with Crippen molar-refractivity contribution < 1.29 is 8.78 Å². The molecule has 1 heterocycles. The highest BCUT2D eigenvalue weighted by Gasteiger charge is 2.07. The van der Waals surface area contributed by atoms with Crippen molar-refractivity contribution in [1.82, 2.24) is 15.1 Å². The monoisotopic (exact) mass is 299 g/mol. The first-order valence-corrected chi connectivity index (χ1v) is 6.91. The third-order valence-corrected chi connectivity index (χ3v) is 3.35. The fraction of sp³-hybridized carbons (Fsp3) is 0.118. The molecule has 0 bridgehead atoms. The molecule has 0 aliphatic heterocycles. The molecule has 0 amide bonds. The van der Waals surface area contributed by atoms with Crippen molar-refractivity contribution >= 4 is 0 Å². The van der Waals surface area contributed by atoms with Crippen molar-refractivity contribution in [2.45, 2.75) is 6.54 Å². The van der Waals surface area contributed by atoms with Gasteiger partial charge in [-0.1, -0.05) is 0 Å².